The fourth-order valence-corrected chi connectivity index (χ4v) is 3.92. The lowest BCUT2D eigenvalue weighted by Crippen LogP contribution is -2.42. The Bertz CT molecular complexity index is 777. The second-order valence-electron chi connectivity index (χ2n) is 8.57. The molecule has 0 fully saturated rings. The molecule has 2 atom stereocenters. The minimum absolute atomic E-state index is 0.0532. The minimum Gasteiger partial charge on any atom is -0.450 e. The van der Waals surface area contributed by atoms with Gasteiger partial charge in [-0.05, 0) is 48.8 Å². The maximum atomic E-state index is 12.6. The highest BCUT2D eigenvalue weighted by Gasteiger charge is 2.38. The molecule has 0 aromatic heterocycles. The van der Waals surface area contributed by atoms with Crippen LogP contribution in [0, 0.1) is 0 Å². The largest absolute Gasteiger partial charge is 0.450 e. The molecule has 28 heavy (non-hydrogen) atoms. The summed E-state index contributed by atoms with van der Waals surface area (Å²) in [6, 6.07) is 18.8. The van der Waals surface area contributed by atoms with Crippen LogP contribution < -0.4 is 0 Å². The summed E-state index contributed by atoms with van der Waals surface area (Å²) < 4.78 is 12.2. The predicted octanol–water partition coefficient (Wildman–Crippen LogP) is 6.55. The van der Waals surface area contributed by atoms with Gasteiger partial charge in [-0.2, -0.15) is 0 Å². The van der Waals surface area contributed by atoms with Crippen LogP contribution in [0.1, 0.15) is 49.7 Å². The number of carbonyl (C=O) groups is 1. The Hall–Kier alpha value is -2.17. The third-order valence-corrected chi connectivity index (χ3v) is 9.79. The van der Waals surface area contributed by atoms with Gasteiger partial charge in [-0.3, -0.25) is 0 Å². The van der Waals surface area contributed by atoms with Gasteiger partial charge in [0.2, 0.25) is 0 Å². The fourth-order valence-electron chi connectivity index (χ4n) is 2.56. The number of hydrogen-bond acceptors (Lipinski definition) is 3. The summed E-state index contributed by atoms with van der Waals surface area (Å²) in [7, 11) is -1.86. The molecule has 0 amide bonds. The summed E-state index contributed by atoms with van der Waals surface area (Å²) >= 11 is 0. The second kappa shape index (κ2) is 9.35. The fraction of sp³-hybridized carbons (Fsp3) is 0.375. The maximum absolute atomic E-state index is 12.6. The van der Waals surface area contributed by atoms with Gasteiger partial charge in [0.15, 0.2) is 8.32 Å². The van der Waals surface area contributed by atoms with Crippen molar-refractivity contribution in [2.24, 2.45) is 0 Å². The Kier molecular flexibility index (Phi) is 7.39. The predicted molar refractivity (Wildman–Crippen MR) is 118 cm³/mol. The molecule has 0 saturated carbocycles. The summed E-state index contributed by atoms with van der Waals surface area (Å²) in [5, 5.41) is 0.147. The highest BCUT2D eigenvalue weighted by atomic mass is 28.4. The van der Waals surface area contributed by atoms with E-state index >= 15 is 0 Å². The van der Waals surface area contributed by atoms with E-state index < -0.39 is 14.4 Å². The molecule has 0 unspecified atom stereocenters. The Morgan fingerprint density at radius 2 is 1.46 bits per heavy atom. The van der Waals surface area contributed by atoms with Crippen molar-refractivity contribution in [3.8, 4) is 0 Å². The van der Waals surface area contributed by atoms with E-state index in [9.17, 15) is 4.79 Å². The lowest BCUT2D eigenvalue weighted by molar-refractivity contribution is 0.0389. The van der Waals surface area contributed by atoms with E-state index in [-0.39, 0.29) is 17.1 Å². The highest BCUT2D eigenvalue weighted by molar-refractivity contribution is 6.74. The van der Waals surface area contributed by atoms with Crippen LogP contribution in [0.5, 0.6) is 0 Å². The molecule has 2 aromatic rings. The van der Waals surface area contributed by atoms with Gasteiger partial charge in [0.1, 0.15) is 6.10 Å². The summed E-state index contributed by atoms with van der Waals surface area (Å²) in [5.41, 5.74) is 1.48. The van der Waals surface area contributed by atoms with Crippen LogP contribution in [0.4, 0.5) is 0 Å². The van der Waals surface area contributed by atoms with Crippen LogP contribution in [0.15, 0.2) is 72.8 Å². The van der Waals surface area contributed by atoms with Crippen LogP contribution >= 0.6 is 0 Å². The van der Waals surface area contributed by atoms with E-state index in [0.717, 1.165) is 5.56 Å². The lowest BCUT2D eigenvalue weighted by Gasteiger charge is -2.37. The molecule has 2 aromatic carbocycles. The summed E-state index contributed by atoms with van der Waals surface area (Å²) in [4.78, 5) is 12.6. The third kappa shape index (κ3) is 6.18. The number of ether oxygens (including phenoxy) is 1. The van der Waals surface area contributed by atoms with Crippen LogP contribution in [0.2, 0.25) is 18.1 Å². The molecule has 0 heterocycles. The molecule has 0 bridgehead atoms. The Labute approximate surface area is 170 Å². The number of hydrogen-bond donors (Lipinski definition) is 0. The molecule has 4 heteroatoms. The first-order valence-electron chi connectivity index (χ1n) is 9.77. The van der Waals surface area contributed by atoms with Crippen molar-refractivity contribution in [1.29, 1.82) is 0 Å². The summed E-state index contributed by atoms with van der Waals surface area (Å²) in [6.45, 7) is 13.2. The van der Waals surface area contributed by atoms with E-state index in [1.54, 1.807) is 12.1 Å². The molecule has 2 rings (SSSR count). The van der Waals surface area contributed by atoms with Crippen molar-refractivity contribution in [1.82, 2.24) is 0 Å². The zero-order valence-electron chi connectivity index (χ0n) is 17.8. The van der Waals surface area contributed by atoms with E-state index in [4.69, 9.17) is 9.16 Å². The molecule has 0 aliphatic heterocycles. The van der Waals surface area contributed by atoms with Gasteiger partial charge in [-0.15, -0.1) is 0 Å². The van der Waals surface area contributed by atoms with Crippen LogP contribution in [0.25, 0.3) is 0 Å². The molecule has 0 spiro atoms. The van der Waals surface area contributed by atoms with E-state index in [1.165, 1.54) is 0 Å². The van der Waals surface area contributed by atoms with Gasteiger partial charge in [-0.25, -0.2) is 4.79 Å². The van der Waals surface area contributed by atoms with Gasteiger partial charge in [0, 0.05) is 0 Å². The quantitative estimate of drug-likeness (QED) is 0.302. The van der Waals surface area contributed by atoms with Crippen molar-refractivity contribution >= 4 is 14.3 Å². The van der Waals surface area contributed by atoms with Crippen LogP contribution in [0.3, 0.4) is 0 Å². The zero-order chi connectivity index (χ0) is 20.8. The Morgan fingerprint density at radius 1 is 0.929 bits per heavy atom. The van der Waals surface area contributed by atoms with Crippen LogP contribution in [-0.2, 0) is 9.16 Å². The van der Waals surface area contributed by atoms with Gasteiger partial charge in [0.25, 0.3) is 0 Å². The normalized spacial score (nSPS) is 14.6. The van der Waals surface area contributed by atoms with E-state index in [0.29, 0.717) is 5.56 Å². The Balaban J connectivity index is 2.16. The molecule has 0 N–H and O–H groups in total. The standard InChI is InChI=1S/C24H32O3Si/c1-19(27-28(5,6)24(2,3)4)17-18-22(20-13-9-7-10-14-20)26-23(25)21-15-11-8-12-16-21/h7-19,22H,1-6H3/t19-,22-/m0/s1. The molecule has 150 valence electrons. The SMILES string of the molecule is C[C@@H](C=C[C@H](OC(=O)c1ccccc1)c1ccccc1)O[Si](C)(C)C(C)(C)C. The number of rotatable bonds is 7. The van der Waals surface area contributed by atoms with Gasteiger partial charge >= 0.3 is 5.97 Å². The first kappa shape index (κ1) is 22.1. The van der Waals surface area contributed by atoms with E-state index in [2.05, 4.69) is 33.9 Å². The maximum Gasteiger partial charge on any atom is 0.339 e. The molecular weight excluding hydrogens is 364 g/mol. The molecule has 0 saturated heterocycles. The smallest absolute Gasteiger partial charge is 0.339 e. The summed E-state index contributed by atoms with van der Waals surface area (Å²) in [6.07, 6.45) is 3.41. The van der Waals surface area contributed by atoms with Crippen molar-refractivity contribution in [2.75, 3.05) is 0 Å². The zero-order valence-corrected chi connectivity index (χ0v) is 18.8. The van der Waals surface area contributed by atoms with Gasteiger partial charge in [0.05, 0.1) is 11.7 Å². The monoisotopic (exact) mass is 396 g/mol. The minimum atomic E-state index is -1.86. The molecular formula is C24H32O3Si. The van der Waals surface area contributed by atoms with Crippen molar-refractivity contribution < 1.29 is 14.0 Å². The highest BCUT2D eigenvalue weighted by Crippen LogP contribution is 2.37. The van der Waals surface area contributed by atoms with E-state index in [1.807, 2.05) is 67.6 Å². The molecule has 0 aliphatic rings. The average Bonchev–Trinajstić information content (AvgIpc) is 2.65. The summed E-state index contributed by atoms with van der Waals surface area (Å²) in [5.74, 6) is -0.336. The number of esters is 1. The van der Waals surface area contributed by atoms with Crippen LogP contribution in [-0.4, -0.2) is 20.4 Å². The van der Waals surface area contributed by atoms with Gasteiger partial charge in [-0.1, -0.05) is 75.4 Å². The topological polar surface area (TPSA) is 35.5 Å². The second-order valence-corrected chi connectivity index (χ2v) is 13.3. The van der Waals surface area contributed by atoms with Crippen molar-refractivity contribution in [2.45, 2.75) is 58.0 Å². The first-order valence-corrected chi connectivity index (χ1v) is 12.7. The first-order chi connectivity index (χ1) is 13.1. The number of carbonyl (C=O) groups excluding carboxylic acids is 1. The van der Waals surface area contributed by atoms with Gasteiger partial charge < -0.3 is 9.16 Å². The molecule has 0 aliphatic carbocycles. The molecule has 0 radical (unpaired) electrons. The molecule has 3 nitrogen and oxygen atoms in total. The lowest BCUT2D eigenvalue weighted by atomic mass is 10.1. The number of benzene rings is 2. The van der Waals surface area contributed by atoms with Crippen molar-refractivity contribution in [3.63, 3.8) is 0 Å². The average molecular weight is 397 g/mol. The van der Waals surface area contributed by atoms with Crippen molar-refractivity contribution in [3.05, 3.63) is 83.9 Å². The Morgan fingerprint density at radius 3 is 2.00 bits per heavy atom. The third-order valence-electron chi connectivity index (χ3n) is 5.22.